The van der Waals surface area contributed by atoms with E-state index in [4.69, 9.17) is 4.74 Å². The number of halogens is 1. The summed E-state index contributed by atoms with van der Waals surface area (Å²) in [7, 11) is 0. The third kappa shape index (κ3) is 3.35. The minimum absolute atomic E-state index is 0.115. The number of rotatable bonds is 5. The molecule has 0 aliphatic heterocycles. The second kappa shape index (κ2) is 6.61. The van der Waals surface area contributed by atoms with Crippen LogP contribution in [0.5, 0.6) is 0 Å². The number of benzene rings is 1. The highest BCUT2D eigenvalue weighted by Crippen LogP contribution is 2.40. The lowest BCUT2D eigenvalue weighted by molar-refractivity contribution is -0.148. The van der Waals surface area contributed by atoms with Crippen molar-refractivity contribution < 1.29 is 9.53 Å². The molecule has 0 amide bonds. The molecule has 3 nitrogen and oxygen atoms in total. The molecular weight excluding hydrogens is 318 g/mol. The molecule has 4 heteroatoms. The highest BCUT2D eigenvalue weighted by atomic mass is 79.9. The molecule has 0 aromatic heterocycles. The third-order valence-corrected chi connectivity index (χ3v) is 4.56. The summed E-state index contributed by atoms with van der Waals surface area (Å²) in [4.78, 5) is 12.4. The minimum atomic E-state index is -0.558. The second-order valence-corrected chi connectivity index (χ2v) is 6.37. The Bertz CT molecular complexity index is 477. The summed E-state index contributed by atoms with van der Waals surface area (Å²) in [5.41, 5.74) is 0.404. The van der Waals surface area contributed by atoms with Crippen LogP contribution >= 0.6 is 15.9 Å². The molecule has 20 heavy (non-hydrogen) atoms. The summed E-state index contributed by atoms with van der Waals surface area (Å²) in [5, 5.41) is 3.44. The molecular formula is C16H22BrNO2. The minimum Gasteiger partial charge on any atom is -0.464 e. The van der Waals surface area contributed by atoms with Crippen molar-refractivity contribution in [3.05, 3.63) is 28.7 Å². The number of nitrogens with one attached hydrogen (secondary N) is 1. The molecule has 0 spiro atoms. The first-order valence-corrected chi connectivity index (χ1v) is 8.10. The fourth-order valence-electron chi connectivity index (χ4n) is 2.96. The Balaban J connectivity index is 2.21. The lowest BCUT2D eigenvalue weighted by atomic mass is 9.94. The number of carbonyl (C=O) groups excluding carboxylic acids is 1. The predicted molar refractivity (Wildman–Crippen MR) is 84.8 cm³/mol. The Hall–Kier alpha value is -1.03. The average Bonchev–Trinajstić information content (AvgIpc) is 2.84. The molecule has 1 aromatic rings. The Morgan fingerprint density at radius 1 is 1.50 bits per heavy atom. The quantitative estimate of drug-likeness (QED) is 0.809. The van der Waals surface area contributed by atoms with E-state index in [1.165, 1.54) is 0 Å². The summed E-state index contributed by atoms with van der Waals surface area (Å²) < 4.78 is 6.32. The fourth-order valence-corrected chi connectivity index (χ4v) is 3.36. The van der Waals surface area contributed by atoms with Gasteiger partial charge in [-0.1, -0.05) is 35.3 Å². The van der Waals surface area contributed by atoms with Crippen LogP contribution in [0.1, 0.15) is 39.5 Å². The normalized spacial score (nSPS) is 25.4. The van der Waals surface area contributed by atoms with Gasteiger partial charge in [-0.15, -0.1) is 0 Å². The largest absolute Gasteiger partial charge is 0.464 e. The number of anilines is 1. The highest BCUT2D eigenvalue weighted by molar-refractivity contribution is 9.10. The summed E-state index contributed by atoms with van der Waals surface area (Å²) in [5.74, 6) is 0.481. The molecule has 1 saturated carbocycles. The van der Waals surface area contributed by atoms with Crippen molar-refractivity contribution in [2.24, 2.45) is 5.92 Å². The van der Waals surface area contributed by atoms with Gasteiger partial charge in [0.1, 0.15) is 5.54 Å². The monoisotopic (exact) mass is 339 g/mol. The van der Waals surface area contributed by atoms with Gasteiger partial charge in [-0.3, -0.25) is 0 Å². The second-order valence-electron chi connectivity index (χ2n) is 5.45. The van der Waals surface area contributed by atoms with Crippen molar-refractivity contribution in [2.45, 2.75) is 45.1 Å². The van der Waals surface area contributed by atoms with Crippen LogP contribution in [0.3, 0.4) is 0 Å². The van der Waals surface area contributed by atoms with Crippen LogP contribution in [0.25, 0.3) is 0 Å². The van der Waals surface area contributed by atoms with Gasteiger partial charge in [-0.2, -0.15) is 0 Å². The van der Waals surface area contributed by atoms with Gasteiger partial charge < -0.3 is 10.1 Å². The van der Waals surface area contributed by atoms with Gasteiger partial charge in [0.15, 0.2) is 0 Å². The molecule has 0 bridgehead atoms. The Kier molecular flexibility index (Phi) is 5.08. The maximum absolute atomic E-state index is 12.4. The fraction of sp³-hybridized carbons (Fsp3) is 0.562. The van der Waals surface area contributed by atoms with Crippen LogP contribution in [0.2, 0.25) is 0 Å². The van der Waals surface area contributed by atoms with Crippen LogP contribution in [0.4, 0.5) is 5.69 Å². The van der Waals surface area contributed by atoms with Gasteiger partial charge in [0.05, 0.1) is 6.61 Å². The van der Waals surface area contributed by atoms with E-state index in [1.807, 2.05) is 31.2 Å². The third-order valence-electron chi connectivity index (χ3n) is 4.07. The van der Waals surface area contributed by atoms with Crippen molar-refractivity contribution >= 4 is 27.6 Å². The zero-order valence-electron chi connectivity index (χ0n) is 12.1. The molecule has 1 aliphatic carbocycles. The number of ether oxygens (including phenoxy) is 1. The van der Waals surface area contributed by atoms with Crippen LogP contribution in [-0.2, 0) is 9.53 Å². The Labute approximate surface area is 129 Å². The highest BCUT2D eigenvalue weighted by Gasteiger charge is 2.46. The molecule has 2 unspecified atom stereocenters. The Morgan fingerprint density at radius 3 is 2.90 bits per heavy atom. The van der Waals surface area contributed by atoms with E-state index in [0.29, 0.717) is 12.5 Å². The number of hydrogen-bond donors (Lipinski definition) is 1. The number of hydrogen-bond acceptors (Lipinski definition) is 3. The van der Waals surface area contributed by atoms with Gasteiger partial charge >= 0.3 is 5.97 Å². The van der Waals surface area contributed by atoms with Crippen LogP contribution in [-0.4, -0.2) is 18.1 Å². The standard InChI is InChI=1S/C16H22BrNO2/c1-3-12-8-9-16(11-12,15(19)20-4-2)18-14-7-5-6-13(17)10-14/h5-7,10,12,18H,3-4,8-9,11H2,1-2H3. The molecule has 0 heterocycles. The van der Waals surface area contributed by atoms with E-state index >= 15 is 0 Å². The number of carbonyl (C=O) groups is 1. The van der Waals surface area contributed by atoms with E-state index in [-0.39, 0.29) is 5.97 Å². The van der Waals surface area contributed by atoms with E-state index < -0.39 is 5.54 Å². The van der Waals surface area contributed by atoms with Crippen molar-refractivity contribution in [2.75, 3.05) is 11.9 Å². The summed E-state index contributed by atoms with van der Waals surface area (Å²) in [6.45, 7) is 4.47. The van der Waals surface area contributed by atoms with E-state index in [0.717, 1.165) is 35.8 Å². The molecule has 1 N–H and O–H groups in total. The molecule has 2 rings (SSSR count). The zero-order chi connectivity index (χ0) is 14.6. The van der Waals surface area contributed by atoms with Gasteiger partial charge in [0, 0.05) is 10.2 Å². The van der Waals surface area contributed by atoms with E-state index in [9.17, 15) is 4.79 Å². The van der Waals surface area contributed by atoms with Gasteiger partial charge in [-0.25, -0.2) is 4.79 Å². The first kappa shape index (κ1) is 15.4. The van der Waals surface area contributed by atoms with Gasteiger partial charge in [0.2, 0.25) is 0 Å². The first-order chi connectivity index (χ1) is 9.59. The number of esters is 1. The molecule has 1 aliphatic rings. The van der Waals surface area contributed by atoms with E-state index in [2.05, 4.69) is 28.2 Å². The predicted octanol–water partition coefficient (Wildman–Crippen LogP) is 4.37. The molecule has 0 radical (unpaired) electrons. The molecule has 110 valence electrons. The van der Waals surface area contributed by atoms with Crippen molar-refractivity contribution in [1.29, 1.82) is 0 Å². The smallest absolute Gasteiger partial charge is 0.331 e. The Morgan fingerprint density at radius 2 is 2.30 bits per heavy atom. The summed E-state index contributed by atoms with van der Waals surface area (Å²) in [6.07, 6.45) is 3.89. The van der Waals surface area contributed by atoms with Crippen LogP contribution < -0.4 is 5.32 Å². The lowest BCUT2D eigenvalue weighted by Gasteiger charge is -2.29. The summed E-state index contributed by atoms with van der Waals surface area (Å²) in [6, 6.07) is 7.94. The van der Waals surface area contributed by atoms with Crippen molar-refractivity contribution in [3.63, 3.8) is 0 Å². The van der Waals surface area contributed by atoms with Crippen LogP contribution in [0.15, 0.2) is 28.7 Å². The first-order valence-electron chi connectivity index (χ1n) is 7.30. The SMILES string of the molecule is CCOC(=O)C1(Nc2cccc(Br)c2)CCC(CC)C1. The molecule has 2 atom stereocenters. The van der Waals surface area contributed by atoms with Crippen LogP contribution in [0, 0.1) is 5.92 Å². The lowest BCUT2D eigenvalue weighted by Crippen LogP contribution is -2.45. The van der Waals surface area contributed by atoms with Crippen molar-refractivity contribution in [1.82, 2.24) is 0 Å². The molecule has 1 aromatic carbocycles. The maximum atomic E-state index is 12.4. The molecule has 1 fully saturated rings. The summed E-state index contributed by atoms with van der Waals surface area (Å²) >= 11 is 3.47. The van der Waals surface area contributed by atoms with Crippen molar-refractivity contribution in [3.8, 4) is 0 Å². The van der Waals surface area contributed by atoms with Gasteiger partial charge in [0.25, 0.3) is 0 Å². The average molecular weight is 340 g/mol. The van der Waals surface area contributed by atoms with Gasteiger partial charge in [-0.05, 0) is 50.3 Å². The topological polar surface area (TPSA) is 38.3 Å². The van der Waals surface area contributed by atoms with E-state index in [1.54, 1.807) is 0 Å². The molecule has 0 saturated heterocycles. The maximum Gasteiger partial charge on any atom is 0.331 e. The zero-order valence-corrected chi connectivity index (χ0v) is 13.7.